The van der Waals surface area contributed by atoms with Gasteiger partial charge in [-0.3, -0.25) is 4.79 Å². The van der Waals surface area contributed by atoms with E-state index < -0.39 is 0 Å². The monoisotopic (exact) mass is 270 g/mol. The number of hydrogen-bond donors (Lipinski definition) is 0. The van der Waals surface area contributed by atoms with Gasteiger partial charge in [0.2, 0.25) is 0 Å². The largest absolute Gasteiger partial charge is 0.299 e. The van der Waals surface area contributed by atoms with E-state index in [9.17, 15) is 4.79 Å². The van der Waals surface area contributed by atoms with Crippen LogP contribution in [-0.2, 0) is 11.2 Å². The fourth-order valence-electron chi connectivity index (χ4n) is 4.38. The van der Waals surface area contributed by atoms with Gasteiger partial charge < -0.3 is 0 Å². The molecule has 2 aliphatic carbocycles. The molecule has 1 fully saturated rings. The molecule has 2 unspecified atom stereocenters. The minimum atomic E-state index is 0.227. The van der Waals surface area contributed by atoms with Crippen molar-refractivity contribution >= 4 is 5.78 Å². The van der Waals surface area contributed by atoms with Gasteiger partial charge in [-0.1, -0.05) is 44.5 Å². The Hall–Kier alpha value is -1.11. The molecule has 0 aliphatic heterocycles. The first-order chi connectivity index (χ1) is 9.58. The van der Waals surface area contributed by atoms with Crippen LogP contribution in [-0.4, -0.2) is 5.78 Å². The third-order valence-corrected chi connectivity index (χ3v) is 5.59. The molecule has 0 amide bonds. The maximum Gasteiger partial charge on any atom is 0.137 e. The molecule has 0 bridgehead atoms. The predicted molar refractivity (Wildman–Crippen MR) is 82.9 cm³/mol. The SMILES string of the molecule is CC1(C)CCCC1C(=O)CC1CCCc2ccccc21. The second-order valence-electron chi connectivity index (χ2n) is 7.39. The van der Waals surface area contributed by atoms with Gasteiger partial charge >= 0.3 is 0 Å². The molecule has 0 heterocycles. The van der Waals surface area contributed by atoms with Crippen LogP contribution in [0.4, 0.5) is 0 Å². The number of carbonyl (C=O) groups excluding carboxylic acids is 1. The summed E-state index contributed by atoms with van der Waals surface area (Å²) in [6.07, 6.45) is 7.94. The summed E-state index contributed by atoms with van der Waals surface area (Å²) in [5.74, 6) is 1.30. The zero-order valence-electron chi connectivity index (χ0n) is 12.8. The summed E-state index contributed by atoms with van der Waals surface area (Å²) in [5, 5.41) is 0. The van der Waals surface area contributed by atoms with Crippen LogP contribution in [0, 0.1) is 11.3 Å². The van der Waals surface area contributed by atoms with E-state index in [0.717, 1.165) is 12.8 Å². The van der Waals surface area contributed by atoms with E-state index in [4.69, 9.17) is 0 Å². The fourth-order valence-corrected chi connectivity index (χ4v) is 4.38. The highest BCUT2D eigenvalue weighted by Crippen LogP contribution is 2.45. The number of aryl methyl sites for hydroxylation is 1. The zero-order valence-corrected chi connectivity index (χ0v) is 12.8. The molecule has 1 aromatic rings. The Morgan fingerprint density at radius 3 is 2.75 bits per heavy atom. The number of carbonyl (C=O) groups is 1. The standard InChI is InChI=1S/C19H26O/c1-19(2)12-6-11-17(19)18(20)13-15-9-5-8-14-7-3-4-10-16(14)15/h3-4,7,10,15,17H,5-6,8-9,11-13H2,1-2H3. The maximum absolute atomic E-state index is 12.7. The van der Waals surface area contributed by atoms with Gasteiger partial charge in [-0.25, -0.2) is 0 Å². The van der Waals surface area contributed by atoms with Crippen molar-refractivity contribution < 1.29 is 4.79 Å². The van der Waals surface area contributed by atoms with Crippen LogP contribution in [0.2, 0.25) is 0 Å². The molecule has 1 nitrogen and oxygen atoms in total. The maximum atomic E-state index is 12.7. The third kappa shape index (κ3) is 2.55. The van der Waals surface area contributed by atoms with E-state index in [0.29, 0.717) is 17.6 Å². The number of ketones is 1. The Labute approximate surface area is 122 Å². The van der Waals surface area contributed by atoms with Crippen LogP contribution in [0.15, 0.2) is 24.3 Å². The minimum absolute atomic E-state index is 0.227. The molecule has 1 heteroatoms. The average Bonchev–Trinajstić information content (AvgIpc) is 2.79. The van der Waals surface area contributed by atoms with Gasteiger partial charge in [0.15, 0.2) is 0 Å². The van der Waals surface area contributed by atoms with Crippen molar-refractivity contribution in [3.63, 3.8) is 0 Å². The van der Waals surface area contributed by atoms with Gasteiger partial charge in [0.05, 0.1) is 0 Å². The van der Waals surface area contributed by atoms with E-state index in [-0.39, 0.29) is 5.41 Å². The number of rotatable bonds is 3. The van der Waals surface area contributed by atoms with Crippen LogP contribution < -0.4 is 0 Å². The molecule has 0 N–H and O–H groups in total. The number of hydrogen-bond acceptors (Lipinski definition) is 1. The highest BCUT2D eigenvalue weighted by molar-refractivity contribution is 5.83. The summed E-state index contributed by atoms with van der Waals surface area (Å²) in [6.45, 7) is 4.55. The molecule has 2 aliphatic rings. The van der Waals surface area contributed by atoms with Crippen molar-refractivity contribution in [3.8, 4) is 0 Å². The molecule has 0 radical (unpaired) electrons. The molecule has 1 saturated carbocycles. The van der Waals surface area contributed by atoms with E-state index in [2.05, 4.69) is 38.1 Å². The molecule has 0 spiro atoms. The predicted octanol–water partition coefficient (Wildman–Crippen LogP) is 4.89. The first-order valence-electron chi connectivity index (χ1n) is 8.18. The van der Waals surface area contributed by atoms with Crippen molar-refractivity contribution in [2.75, 3.05) is 0 Å². The van der Waals surface area contributed by atoms with Gasteiger partial charge in [0.25, 0.3) is 0 Å². The Balaban J connectivity index is 1.74. The van der Waals surface area contributed by atoms with E-state index >= 15 is 0 Å². The quantitative estimate of drug-likeness (QED) is 0.764. The van der Waals surface area contributed by atoms with Crippen LogP contribution >= 0.6 is 0 Å². The van der Waals surface area contributed by atoms with Gasteiger partial charge in [0.1, 0.15) is 5.78 Å². The average molecular weight is 270 g/mol. The Bertz CT molecular complexity index is 500. The highest BCUT2D eigenvalue weighted by atomic mass is 16.1. The van der Waals surface area contributed by atoms with E-state index in [1.165, 1.54) is 43.2 Å². The Morgan fingerprint density at radius 2 is 2.00 bits per heavy atom. The molecule has 1 aromatic carbocycles. The molecule has 0 saturated heterocycles. The van der Waals surface area contributed by atoms with Crippen LogP contribution in [0.1, 0.15) is 69.4 Å². The minimum Gasteiger partial charge on any atom is -0.299 e. The molecular formula is C19H26O. The smallest absolute Gasteiger partial charge is 0.137 e. The summed E-state index contributed by atoms with van der Waals surface area (Å²) >= 11 is 0. The lowest BCUT2D eigenvalue weighted by molar-refractivity contribution is -0.125. The number of fused-ring (bicyclic) bond motifs is 1. The van der Waals surface area contributed by atoms with Gasteiger partial charge in [-0.15, -0.1) is 0 Å². The van der Waals surface area contributed by atoms with Crippen molar-refractivity contribution in [2.45, 2.75) is 64.7 Å². The fraction of sp³-hybridized carbons (Fsp3) is 0.632. The molecule has 20 heavy (non-hydrogen) atoms. The van der Waals surface area contributed by atoms with Crippen molar-refractivity contribution in [1.82, 2.24) is 0 Å². The topological polar surface area (TPSA) is 17.1 Å². The van der Waals surface area contributed by atoms with Gasteiger partial charge in [-0.05, 0) is 54.6 Å². The molecule has 0 aromatic heterocycles. The summed E-state index contributed by atoms with van der Waals surface area (Å²) < 4.78 is 0. The molecule has 108 valence electrons. The molecule has 3 rings (SSSR count). The first-order valence-corrected chi connectivity index (χ1v) is 8.18. The number of benzene rings is 1. The van der Waals surface area contributed by atoms with E-state index in [1.807, 2.05) is 0 Å². The summed E-state index contributed by atoms with van der Waals surface area (Å²) in [6, 6.07) is 8.74. The van der Waals surface area contributed by atoms with Crippen LogP contribution in [0.5, 0.6) is 0 Å². The molecular weight excluding hydrogens is 244 g/mol. The first kappa shape index (κ1) is 13.9. The zero-order chi connectivity index (χ0) is 14.2. The Kier molecular flexibility index (Phi) is 3.70. The van der Waals surface area contributed by atoms with Crippen molar-refractivity contribution in [2.24, 2.45) is 11.3 Å². The lowest BCUT2D eigenvalue weighted by Crippen LogP contribution is -2.27. The molecule has 2 atom stereocenters. The van der Waals surface area contributed by atoms with Crippen molar-refractivity contribution in [1.29, 1.82) is 0 Å². The summed E-state index contributed by atoms with van der Waals surface area (Å²) in [7, 11) is 0. The van der Waals surface area contributed by atoms with Crippen LogP contribution in [0.3, 0.4) is 0 Å². The third-order valence-electron chi connectivity index (χ3n) is 5.59. The lowest BCUT2D eigenvalue weighted by Gasteiger charge is -2.29. The second kappa shape index (κ2) is 5.35. The normalized spacial score (nSPS) is 28.1. The summed E-state index contributed by atoms with van der Waals surface area (Å²) in [5.41, 5.74) is 3.15. The highest BCUT2D eigenvalue weighted by Gasteiger charge is 2.39. The lowest BCUT2D eigenvalue weighted by atomic mass is 9.74. The second-order valence-corrected chi connectivity index (χ2v) is 7.39. The van der Waals surface area contributed by atoms with E-state index in [1.54, 1.807) is 0 Å². The summed E-state index contributed by atoms with van der Waals surface area (Å²) in [4.78, 5) is 12.7. The number of Topliss-reactive ketones (excluding diaryl/α,β-unsaturated/α-hetero) is 1. The van der Waals surface area contributed by atoms with Gasteiger partial charge in [0, 0.05) is 12.3 Å². The van der Waals surface area contributed by atoms with Crippen LogP contribution in [0.25, 0.3) is 0 Å². The van der Waals surface area contributed by atoms with Crippen molar-refractivity contribution in [3.05, 3.63) is 35.4 Å². The Morgan fingerprint density at radius 1 is 1.20 bits per heavy atom. The van der Waals surface area contributed by atoms with Gasteiger partial charge in [-0.2, -0.15) is 0 Å².